The lowest BCUT2D eigenvalue weighted by Crippen LogP contribution is -2.42. The summed E-state index contributed by atoms with van der Waals surface area (Å²) in [7, 11) is 0. The number of hydrogen-bond donors (Lipinski definition) is 1. The minimum Gasteiger partial charge on any atom is -0.478 e. The highest BCUT2D eigenvalue weighted by atomic mass is 35.5. The molecule has 0 atom stereocenters. The van der Waals surface area contributed by atoms with Gasteiger partial charge in [0.25, 0.3) is 5.91 Å². The molecule has 1 heterocycles. The van der Waals surface area contributed by atoms with E-state index < -0.39 is 5.60 Å². The van der Waals surface area contributed by atoms with Gasteiger partial charge in [0.1, 0.15) is 11.3 Å². The quantitative estimate of drug-likeness (QED) is 0.445. The Bertz CT molecular complexity index is 1120. The van der Waals surface area contributed by atoms with E-state index in [0.717, 1.165) is 16.7 Å². The summed E-state index contributed by atoms with van der Waals surface area (Å²) < 4.78 is 11.6. The smallest absolute Gasteiger partial charge is 0.267 e. The molecular formula is C23H19ClN2O3. The number of oxazole rings is 1. The first-order valence-corrected chi connectivity index (χ1v) is 9.50. The van der Waals surface area contributed by atoms with Gasteiger partial charge in [-0.15, -0.1) is 0 Å². The Kier molecular flexibility index (Phi) is 4.99. The maximum atomic E-state index is 12.7. The van der Waals surface area contributed by atoms with E-state index in [2.05, 4.69) is 10.3 Å². The highest BCUT2D eigenvalue weighted by Gasteiger charge is 2.30. The van der Waals surface area contributed by atoms with Crippen LogP contribution in [0.2, 0.25) is 5.02 Å². The van der Waals surface area contributed by atoms with E-state index in [1.54, 1.807) is 50.2 Å². The van der Waals surface area contributed by atoms with Gasteiger partial charge in [-0.05, 0) is 74.5 Å². The summed E-state index contributed by atoms with van der Waals surface area (Å²) in [4.78, 5) is 17.2. The molecule has 1 N–H and O–H groups in total. The fraction of sp³-hybridized carbons (Fsp3) is 0.130. The molecule has 4 rings (SSSR count). The van der Waals surface area contributed by atoms with Crippen LogP contribution >= 0.6 is 11.6 Å². The van der Waals surface area contributed by atoms with Gasteiger partial charge in [0, 0.05) is 16.3 Å². The summed E-state index contributed by atoms with van der Waals surface area (Å²) in [6, 6.07) is 21.8. The van der Waals surface area contributed by atoms with Gasteiger partial charge in [-0.2, -0.15) is 0 Å². The largest absolute Gasteiger partial charge is 0.478 e. The van der Waals surface area contributed by atoms with Gasteiger partial charge in [-0.3, -0.25) is 4.79 Å². The number of halogens is 1. The van der Waals surface area contributed by atoms with Gasteiger partial charge in [-0.25, -0.2) is 4.98 Å². The molecule has 0 aliphatic carbocycles. The van der Waals surface area contributed by atoms with Gasteiger partial charge in [-0.1, -0.05) is 23.7 Å². The number of anilines is 1. The minimum absolute atomic E-state index is 0.262. The van der Waals surface area contributed by atoms with Gasteiger partial charge >= 0.3 is 0 Å². The van der Waals surface area contributed by atoms with Crippen LogP contribution in [0.15, 0.2) is 77.2 Å². The van der Waals surface area contributed by atoms with E-state index >= 15 is 0 Å². The average Bonchev–Trinajstić information content (AvgIpc) is 3.14. The average molecular weight is 407 g/mol. The molecule has 0 aliphatic heterocycles. The second-order valence-corrected chi connectivity index (χ2v) is 7.52. The number of carbonyl (C=O) groups excluding carboxylic acids is 1. The number of carbonyl (C=O) groups is 1. The lowest BCUT2D eigenvalue weighted by Gasteiger charge is -2.25. The predicted molar refractivity (Wildman–Crippen MR) is 114 cm³/mol. The van der Waals surface area contributed by atoms with Crippen LogP contribution < -0.4 is 10.1 Å². The van der Waals surface area contributed by atoms with Gasteiger partial charge in [0.05, 0.1) is 0 Å². The van der Waals surface area contributed by atoms with Crippen molar-refractivity contribution in [2.24, 2.45) is 0 Å². The molecule has 146 valence electrons. The number of amides is 1. The van der Waals surface area contributed by atoms with Crippen LogP contribution in [0.5, 0.6) is 5.75 Å². The Morgan fingerprint density at radius 1 is 1.00 bits per heavy atom. The molecule has 29 heavy (non-hydrogen) atoms. The van der Waals surface area contributed by atoms with Crippen molar-refractivity contribution in [3.05, 3.63) is 77.8 Å². The van der Waals surface area contributed by atoms with Crippen molar-refractivity contribution in [3.63, 3.8) is 0 Å². The molecule has 0 radical (unpaired) electrons. The number of nitrogens with zero attached hydrogens (tertiary/aromatic N) is 1. The molecule has 0 spiro atoms. The third kappa shape index (κ3) is 4.25. The molecule has 0 saturated carbocycles. The first kappa shape index (κ1) is 19.0. The Hall–Kier alpha value is -3.31. The molecule has 1 aromatic heterocycles. The SMILES string of the molecule is CC(C)(Oc1ccc(Cl)cc1)C(=O)Nc1ccc(-c2nc3ccccc3o2)cc1. The number of nitrogens with one attached hydrogen (secondary N) is 1. The van der Waals surface area contributed by atoms with Crippen LogP contribution in [0, 0.1) is 0 Å². The lowest BCUT2D eigenvalue weighted by atomic mass is 10.1. The first-order chi connectivity index (χ1) is 13.9. The zero-order valence-electron chi connectivity index (χ0n) is 16.0. The Balaban J connectivity index is 1.46. The van der Waals surface area contributed by atoms with Crippen molar-refractivity contribution in [2.75, 3.05) is 5.32 Å². The van der Waals surface area contributed by atoms with Crippen LogP contribution in [0.25, 0.3) is 22.6 Å². The van der Waals surface area contributed by atoms with E-state index in [4.69, 9.17) is 20.8 Å². The summed E-state index contributed by atoms with van der Waals surface area (Å²) in [6.45, 7) is 3.42. The number of hydrogen-bond acceptors (Lipinski definition) is 4. The molecule has 3 aromatic carbocycles. The molecule has 0 aliphatic rings. The van der Waals surface area contributed by atoms with E-state index in [0.29, 0.717) is 22.4 Å². The molecule has 0 unspecified atom stereocenters. The molecule has 0 bridgehead atoms. The van der Waals surface area contributed by atoms with E-state index in [1.165, 1.54) is 0 Å². The van der Waals surface area contributed by atoms with Crippen LogP contribution in [0.4, 0.5) is 5.69 Å². The topological polar surface area (TPSA) is 64.4 Å². The maximum Gasteiger partial charge on any atom is 0.267 e. The van der Waals surface area contributed by atoms with Gasteiger partial charge < -0.3 is 14.5 Å². The zero-order chi connectivity index (χ0) is 20.4. The first-order valence-electron chi connectivity index (χ1n) is 9.13. The van der Waals surface area contributed by atoms with Crippen LogP contribution in [0.1, 0.15) is 13.8 Å². The fourth-order valence-electron chi connectivity index (χ4n) is 2.82. The molecule has 4 aromatic rings. The van der Waals surface area contributed by atoms with Crippen LogP contribution in [0.3, 0.4) is 0 Å². The summed E-state index contributed by atoms with van der Waals surface area (Å²) in [5.41, 5.74) is 1.97. The molecular weight excluding hydrogens is 388 g/mol. The Morgan fingerprint density at radius 3 is 2.38 bits per heavy atom. The second kappa shape index (κ2) is 7.60. The van der Waals surface area contributed by atoms with E-state index in [-0.39, 0.29) is 5.91 Å². The highest BCUT2D eigenvalue weighted by molar-refractivity contribution is 6.30. The van der Waals surface area contributed by atoms with E-state index in [9.17, 15) is 4.79 Å². The number of fused-ring (bicyclic) bond motifs is 1. The predicted octanol–water partition coefficient (Wildman–Crippen LogP) is 5.94. The van der Waals surface area contributed by atoms with Crippen LogP contribution in [-0.2, 0) is 4.79 Å². The molecule has 5 nitrogen and oxygen atoms in total. The summed E-state index contributed by atoms with van der Waals surface area (Å²) in [6.07, 6.45) is 0. The van der Waals surface area contributed by atoms with Gasteiger partial charge in [0.15, 0.2) is 11.2 Å². The number of aromatic nitrogens is 1. The van der Waals surface area contributed by atoms with Crippen LogP contribution in [-0.4, -0.2) is 16.5 Å². The number of rotatable bonds is 5. The standard InChI is InChI=1S/C23H19ClN2O3/c1-23(2,29-18-13-9-16(24)10-14-18)22(27)25-17-11-7-15(8-12-17)21-26-19-5-3-4-6-20(19)28-21/h3-14H,1-2H3,(H,25,27). The molecule has 6 heteroatoms. The summed E-state index contributed by atoms with van der Waals surface area (Å²) >= 11 is 5.89. The van der Waals surface area contributed by atoms with Crippen molar-refractivity contribution in [3.8, 4) is 17.2 Å². The Morgan fingerprint density at radius 2 is 1.69 bits per heavy atom. The summed E-state index contributed by atoms with van der Waals surface area (Å²) in [5, 5.41) is 3.49. The second-order valence-electron chi connectivity index (χ2n) is 7.08. The normalized spacial score (nSPS) is 11.4. The number of benzene rings is 3. The molecule has 0 fully saturated rings. The third-order valence-corrected chi connectivity index (χ3v) is 4.67. The van der Waals surface area contributed by atoms with Crippen molar-refractivity contribution < 1.29 is 13.9 Å². The van der Waals surface area contributed by atoms with Crippen molar-refractivity contribution >= 4 is 34.3 Å². The number of ether oxygens (including phenoxy) is 1. The number of para-hydroxylation sites is 2. The molecule has 1 amide bonds. The Labute approximate surface area is 173 Å². The van der Waals surface area contributed by atoms with Gasteiger partial charge in [0.2, 0.25) is 5.89 Å². The van der Waals surface area contributed by atoms with Crippen molar-refractivity contribution in [2.45, 2.75) is 19.4 Å². The minimum atomic E-state index is -1.06. The fourth-order valence-corrected chi connectivity index (χ4v) is 2.94. The molecule has 0 saturated heterocycles. The maximum absolute atomic E-state index is 12.7. The third-order valence-electron chi connectivity index (χ3n) is 4.42. The van der Waals surface area contributed by atoms with Crippen molar-refractivity contribution in [1.29, 1.82) is 0 Å². The van der Waals surface area contributed by atoms with E-state index in [1.807, 2.05) is 36.4 Å². The lowest BCUT2D eigenvalue weighted by molar-refractivity contribution is -0.128. The van der Waals surface area contributed by atoms with Crippen molar-refractivity contribution in [1.82, 2.24) is 4.98 Å². The monoisotopic (exact) mass is 406 g/mol. The summed E-state index contributed by atoms with van der Waals surface area (Å²) in [5.74, 6) is 0.846. The zero-order valence-corrected chi connectivity index (χ0v) is 16.7. The highest BCUT2D eigenvalue weighted by Crippen LogP contribution is 2.26.